The molecule has 0 bridgehead atoms. The van der Waals surface area contributed by atoms with Crippen molar-refractivity contribution in [2.24, 2.45) is 14.6 Å². The van der Waals surface area contributed by atoms with Gasteiger partial charge in [0.15, 0.2) is 6.61 Å². The Labute approximate surface area is 148 Å². The molecule has 1 saturated carbocycles. The summed E-state index contributed by atoms with van der Waals surface area (Å²) in [6, 6.07) is 5.30. The van der Waals surface area contributed by atoms with Crippen LogP contribution in [-0.4, -0.2) is 30.6 Å². The fourth-order valence-corrected chi connectivity index (χ4v) is 4.14. The predicted molar refractivity (Wildman–Crippen MR) is 93.4 cm³/mol. The molecule has 132 valence electrons. The number of hydrogen-bond acceptors (Lipinski definition) is 7. The number of ether oxygens (including phenoxy) is 1. The fraction of sp³-hybridized carbons (Fsp3) is 0.500. The number of carbonyl (C=O) groups is 2. The molecule has 1 saturated heterocycles. The quantitative estimate of drug-likeness (QED) is 0.722. The van der Waals surface area contributed by atoms with E-state index in [0.717, 1.165) is 36.3 Å². The highest BCUT2D eigenvalue weighted by Crippen LogP contribution is 2.38. The number of hydrazine groups is 1. The molecule has 0 aromatic heterocycles. The molecule has 3 N–H and O–H groups in total. The SMILES string of the molecule is O=C(COC(=O)C1NNC2CCCCC21)Nc1cccc2c1N=S=N2. The van der Waals surface area contributed by atoms with Gasteiger partial charge in [-0.15, -0.1) is 0 Å². The molecule has 1 aromatic rings. The summed E-state index contributed by atoms with van der Waals surface area (Å²) in [6.45, 7) is -0.317. The lowest BCUT2D eigenvalue weighted by Crippen LogP contribution is -2.41. The first-order valence-electron chi connectivity index (χ1n) is 8.41. The van der Waals surface area contributed by atoms with Crippen molar-refractivity contribution in [2.75, 3.05) is 11.9 Å². The Morgan fingerprint density at radius 3 is 3.04 bits per heavy atom. The lowest BCUT2D eigenvalue weighted by Gasteiger charge is -2.26. The van der Waals surface area contributed by atoms with Crippen molar-refractivity contribution < 1.29 is 14.3 Å². The molecule has 2 aliphatic heterocycles. The monoisotopic (exact) mass is 361 g/mol. The van der Waals surface area contributed by atoms with E-state index in [0.29, 0.717) is 17.4 Å². The van der Waals surface area contributed by atoms with E-state index in [1.165, 1.54) is 6.42 Å². The van der Waals surface area contributed by atoms with Gasteiger partial charge in [0.2, 0.25) is 0 Å². The van der Waals surface area contributed by atoms with Gasteiger partial charge in [0.05, 0.1) is 17.0 Å². The highest BCUT2D eigenvalue weighted by Gasteiger charge is 2.42. The summed E-state index contributed by atoms with van der Waals surface area (Å²) in [5.74, 6) is -0.537. The Bertz CT molecular complexity index is 777. The number of hydrogen-bond donors (Lipinski definition) is 3. The van der Waals surface area contributed by atoms with Gasteiger partial charge in [0, 0.05) is 12.0 Å². The third kappa shape index (κ3) is 3.35. The molecule has 4 rings (SSSR count). The molecule has 3 atom stereocenters. The van der Waals surface area contributed by atoms with Crippen LogP contribution in [0.25, 0.3) is 0 Å². The van der Waals surface area contributed by atoms with Crippen LogP contribution in [0.4, 0.5) is 17.1 Å². The number of benzene rings is 1. The molecule has 1 aliphatic carbocycles. The summed E-state index contributed by atoms with van der Waals surface area (Å²) in [5.41, 5.74) is 8.12. The molecule has 25 heavy (non-hydrogen) atoms. The van der Waals surface area contributed by atoms with E-state index in [1.807, 2.05) is 6.07 Å². The molecule has 0 radical (unpaired) electrons. The van der Waals surface area contributed by atoms with Crippen LogP contribution in [0.5, 0.6) is 0 Å². The summed E-state index contributed by atoms with van der Waals surface area (Å²) in [7, 11) is 0. The third-order valence-electron chi connectivity index (χ3n) is 4.83. The number of carbonyl (C=O) groups excluding carboxylic acids is 2. The summed E-state index contributed by atoms with van der Waals surface area (Å²) >= 11 is 1.09. The van der Waals surface area contributed by atoms with Crippen molar-refractivity contribution >= 4 is 40.3 Å². The molecule has 1 aromatic carbocycles. The molecule has 1 amide bonds. The first-order valence-corrected chi connectivity index (χ1v) is 9.14. The van der Waals surface area contributed by atoms with Crippen LogP contribution >= 0.6 is 0 Å². The average molecular weight is 361 g/mol. The molecular weight excluding hydrogens is 342 g/mol. The van der Waals surface area contributed by atoms with Gasteiger partial charge < -0.3 is 10.1 Å². The molecule has 3 unspecified atom stereocenters. The Kier molecular flexibility index (Phi) is 4.60. The van der Waals surface area contributed by atoms with E-state index in [1.54, 1.807) is 12.1 Å². The molecule has 2 heterocycles. The number of fused-ring (bicyclic) bond motifs is 2. The zero-order chi connectivity index (χ0) is 17.2. The molecule has 9 heteroatoms. The lowest BCUT2D eigenvalue weighted by molar-refractivity contribution is -0.150. The van der Waals surface area contributed by atoms with Crippen LogP contribution in [0.1, 0.15) is 25.7 Å². The number of nitrogens with zero attached hydrogens (tertiary/aromatic N) is 2. The van der Waals surface area contributed by atoms with E-state index >= 15 is 0 Å². The Hall–Kier alpha value is -2.10. The van der Waals surface area contributed by atoms with Gasteiger partial charge in [0.25, 0.3) is 5.91 Å². The van der Waals surface area contributed by atoms with Crippen molar-refractivity contribution in [1.82, 2.24) is 10.9 Å². The molecule has 0 spiro atoms. The summed E-state index contributed by atoms with van der Waals surface area (Å²) in [4.78, 5) is 24.4. The maximum Gasteiger partial charge on any atom is 0.325 e. The predicted octanol–water partition coefficient (Wildman–Crippen LogP) is 1.93. The van der Waals surface area contributed by atoms with Crippen LogP contribution in [0.2, 0.25) is 0 Å². The number of esters is 1. The molecular formula is C16H19N5O3S. The van der Waals surface area contributed by atoms with Crippen molar-refractivity contribution in [3.63, 3.8) is 0 Å². The smallest absolute Gasteiger partial charge is 0.325 e. The van der Waals surface area contributed by atoms with Crippen molar-refractivity contribution in [3.05, 3.63) is 18.2 Å². The molecule has 2 fully saturated rings. The third-order valence-corrected chi connectivity index (χ3v) is 5.37. The maximum absolute atomic E-state index is 12.3. The first kappa shape index (κ1) is 16.4. The van der Waals surface area contributed by atoms with Crippen LogP contribution in [-0.2, 0) is 25.7 Å². The lowest BCUT2D eigenvalue weighted by atomic mass is 9.82. The van der Waals surface area contributed by atoms with Gasteiger partial charge in [-0.25, -0.2) is 5.43 Å². The normalized spacial score (nSPS) is 26.5. The number of amides is 1. The van der Waals surface area contributed by atoms with Crippen LogP contribution in [0.3, 0.4) is 0 Å². The van der Waals surface area contributed by atoms with E-state index in [-0.39, 0.29) is 30.4 Å². The summed E-state index contributed by atoms with van der Waals surface area (Å²) in [6.07, 6.45) is 4.36. The van der Waals surface area contributed by atoms with Crippen molar-refractivity contribution in [2.45, 2.75) is 37.8 Å². The number of rotatable bonds is 4. The van der Waals surface area contributed by atoms with E-state index < -0.39 is 0 Å². The minimum atomic E-state index is -0.389. The van der Waals surface area contributed by atoms with E-state index in [4.69, 9.17) is 4.74 Å². The maximum atomic E-state index is 12.3. The van der Waals surface area contributed by atoms with Crippen LogP contribution in [0, 0.1) is 5.92 Å². The Morgan fingerprint density at radius 2 is 2.12 bits per heavy atom. The van der Waals surface area contributed by atoms with Gasteiger partial charge in [-0.3, -0.25) is 15.0 Å². The zero-order valence-electron chi connectivity index (χ0n) is 13.5. The zero-order valence-corrected chi connectivity index (χ0v) is 14.3. The highest BCUT2D eigenvalue weighted by molar-refractivity contribution is 7.58. The minimum Gasteiger partial charge on any atom is -0.454 e. The van der Waals surface area contributed by atoms with E-state index in [9.17, 15) is 9.59 Å². The molecule has 3 aliphatic rings. The second-order valence-corrected chi connectivity index (χ2v) is 6.94. The van der Waals surface area contributed by atoms with Crippen LogP contribution < -0.4 is 16.2 Å². The standard InChI is InChI=1S/C16H19N5O3S/c22-13(17-11-6-3-7-12-15(11)21-25-20-12)8-24-16(23)14-9-4-1-2-5-10(9)18-19-14/h3,6-7,9-10,14,18-19H,1-2,4-5,8H2,(H,17,22). The minimum absolute atomic E-state index is 0.235. The Balaban J connectivity index is 1.31. The highest BCUT2D eigenvalue weighted by atomic mass is 32.1. The second kappa shape index (κ2) is 7.03. The van der Waals surface area contributed by atoms with E-state index in [2.05, 4.69) is 24.9 Å². The topological polar surface area (TPSA) is 104 Å². The van der Waals surface area contributed by atoms with Gasteiger partial charge in [0.1, 0.15) is 17.4 Å². The van der Waals surface area contributed by atoms with Crippen LogP contribution in [0.15, 0.2) is 26.9 Å². The van der Waals surface area contributed by atoms with Gasteiger partial charge in [-0.1, -0.05) is 18.9 Å². The molecule has 8 nitrogen and oxygen atoms in total. The average Bonchev–Trinajstić information content (AvgIpc) is 3.27. The number of nitrogens with one attached hydrogen (secondary N) is 3. The fourth-order valence-electron chi connectivity index (χ4n) is 3.60. The first-order chi connectivity index (χ1) is 12.2. The van der Waals surface area contributed by atoms with Gasteiger partial charge in [-0.2, -0.15) is 8.73 Å². The number of anilines is 1. The largest absolute Gasteiger partial charge is 0.454 e. The van der Waals surface area contributed by atoms with Crippen molar-refractivity contribution in [1.29, 1.82) is 0 Å². The van der Waals surface area contributed by atoms with Crippen molar-refractivity contribution in [3.8, 4) is 0 Å². The second-order valence-electron chi connectivity index (χ2n) is 6.41. The van der Waals surface area contributed by atoms with Gasteiger partial charge in [-0.05, 0) is 25.0 Å². The summed E-state index contributed by atoms with van der Waals surface area (Å²) < 4.78 is 13.5. The van der Waals surface area contributed by atoms with Gasteiger partial charge >= 0.3 is 5.97 Å². The summed E-state index contributed by atoms with van der Waals surface area (Å²) in [5, 5.41) is 2.73. The Morgan fingerprint density at radius 1 is 1.24 bits per heavy atom.